The number of benzene rings is 2. The molecule has 0 saturated heterocycles. The summed E-state index contributed by atoms with van der Waals surface area (Å²) in [6.07, 6.45) is 2.26. The third-order valence-corrected chi connectivity index (χ3v) is 3.91. The summed E-state index contributed by atoms with van der Waals surface area (Å²) in [6.45, 7) is 0.433. The molecule has 1 N–H and O–H groups in total. The molecule has 0 spiro atoms. The Morgan fingerprint density at radius 3 is 2.76 bits per heavy atom. The molecule has 1 amide bonds. The number of rotatable bonds is 6. The number of ether oxygens (including phenoxy) is 1. The lowest BCUT2D eigenvalue weighted by molar-refractivity contribution is 0.0951. The van der Waals surface area contributed by atoms with Crippen LogP contribution in [-0.4, -0.2) is 34.6 Å². The van der Waals surface area contributed by atoms with Crippen molar-refractivity contribution in [3.8, 4) is 11.4 Å². The molecule has 3 rings (SSSR count). The molecule has 128 valence electrons. The highest BCUT2D eigenvalue weighted by atomic mass is 35.5. The molecule has 0 atom stereocenters. The minimum absolute atomic E-state index is 0.241. The van der Waals surface area contributed by atoms with Gasteiger partial charge < -0.3 is 10.1 Å². The Kier molecular flexibility index (Phi) is 5.30. The number of carbonyl (C=O) groups is 1. The number of amides is 1. The first-order valence-corrected chi connectivity index (χ1v) is 8.14. The van der Waals surface area contributed by atoms with Gasteiger partial charge in [-0.05, 0) is 24.3 Å². The summed E-state index contributed by atoms with van der Waals surface area (Å²) < 4.78 is 5.20. The first-order valence-electron chi connectivity index (χ1n) is 7.76. The van der Waals surface area contributed by atoms with E-state index in [1.54, 1.807) is 29.2 Å². The van der Waals surface area contributed by atoms with E-state index in [1.165, 1.54) is 7.11 Å². The van der Waals surface area contributed by atoms with Gasteiger partial charge >= 0.3 is 0 Å². The fourth-order valence-electron chi connectivity index (χ4n) is 2.39. The molecule has 25 heavy (non-hydrogen) atoms. The van der Waals surface area contributed by atoms with Gasteiger partial charge in [0, 0.05) is 13.0 Å². The number of aromatic nitrogens is 3. The number of hydrogen-bond donors (Lipinski definition) is 1. The van der Waals surface area contributed by atoms with Gasteiger partial charge in [0.25, 0.3) is 5.91 Å². The van der Waals surface area contributed by atoms with E-state index in [0.717, 1.165) is 11.4 Å². The van der Waals surface area contributed by atoms with Crippen molar-refractivity contribution in [2.24, 2.45) is 0 Å². The van der Waals surface area contributed by atoms with Crippen LogP contribution in [0.3, 0.4) is 0 Å². The molecule has 7 heteroatoms. The molecule has 0 aliphatic carbocycles. The van der Waals surface area contributed by atoms with Crippen LogP contribution < -0.4 is 10.1 Å². The van der Waals surface area contributed by atoms with E-state index >= 15 is 0 Å². The molecule has 6 nitrogen and oxygen atoms in total. The topological polar surface area (TPSA) is 69.0 Å². The van der Waals surface area contributed by atoms with Crippen LogP contribution in [0.4, 0.5) is 0 Å². The Balaban J connectivity index is 1.59. The lowest BCUT2D eigenvalue weighted by Gasteiger charge is -2.10. The fraction of sp³-hybridized carbons (Fsp3) is 0.167. The predicted molar refractivity (Wildman–Crippen MR) is 95.4 cm³/mol. The minimum Gasteiger partial charge on any atom is -0.494 e. The van der Waals surface area contributed by atoms with E-state index in [0.29, 0.717) is 29.3 Å². The second-order valence-corrected chi connectivity index (χ2v) is 5.69. The number of nitrogens with one attached hydrogen (secondary N) is 1. The Morgan fingerprint density at radius 1 is 1.20 bits per heavy atom. The van der Waals surface area contributed by atoms with Gasteiger partial charge in [0.05, 0.1) is 35.3 Å². The number of methoxy groups -OCH3 is 1. The van der Waals surface area contributed by atoms with Gasteiger partial charge in [-0.15, -0.1) is 0 Å². The molecule has 0 aliphatic rings. The van der Waals surface area contributed by atoms with Crippen LogP contribution in [0.2, 0.25) is 5.02 Å². The van der Waals surface area contributed by atoms with Crippen LogP contribution in [0, 0.1) is 0 Å². The van der Waals surface area contributed by atoms with Crippen LogP contribution in [0.25, 0.3) is 5.69 Å². The standard InChI is InChI=1S/C18H17ClN4O2/c1-25-17-15(8-5-9-16(17)19)18(24)20-11-10-13-12-21-23(22-13)14-6-3-2-4-7-14/h2-9,12H,10-11H2,1H3,(H,20,24). The van der Waals surface area contributed by atoms with Crippen molar-refractivity contribution < 1.29 is 9.53 Å². The zero-order chi connectivity index (χ0) is 17.6. The van der Waals surface area contributed by atoms with E-state index in [-0.39, 0.29) is 5.91 Å². The van der Waals surface area contributed by atoms with Crippen molar-refractivity contribution >= 4 is 17.5 Å². The molecule has 2 aromatic carbocycles. The summed E-state index contributed by atoms with van der Waals surface area (Å²) in [6, 6.07) is 14.7. The predicted octanol–water partition coefficient (Wildman–Crippen LogP) is 2.90. The van der Waals surface area contributed by atoms with Crippen molar-refractivity contribution in [2.75, 3.05) is 13.7 Å². The number of halogens is 1. The van der Waals surface area contributed by atoms with Gasteiger partial charge in [-0.25, -0.2) is 0 Å². The Morgan fingerprint density at radius 2 is 2.00 bits per heavy atom. The average Bonchev–Trinajstić information content (AvgIpc) is 3.11. The maximum absolute atomic E-state index is 12.3. The smallest absolute Gasteiger partial charge is 0.255 e. The van der Waals surface area contributed by atoms with Gasteiger partial charge in [0.2, 0.25) is 0 Å². The van der Waals surface area contributed by atoms with E-state index < -0.39 is 0 Å². The first kappa shape index (κ1) is 17.0. The van der Waals surface area contributed by atoms with Crippen LogP contribution in [0.5, 0.6) is 5.75 Å². The lowest BCUT2D eigenvalue weighted by Crippen LogP contribution is -2.26. The Labute approximate surface area is 150 Å². The van der Waals surface area contributed by atoms with Crippen molar-refractivity contribution in [2.45, 2.75) is 6.42 Å². The second kappa shape index (κ2) is 7.81. The van der Waals surface area contributed by atoms with Crippen molar-refractivity contribution in [3.05, 3.63) is 71.0 Å². The zero-order valence-electron chi connectivity index (χ0n) is 13.6. The van der Waals surface area contributed by atoms with E-state index in [9.17, 15) is 4.79 Å². The fourth-order valence-corrected chi connectivity index (χ4v) is 2.64. The van der Waals surface area contributed by atoms with Crippen molar-refractivity contribution in [1.82, 2.24) is 20.3 Å². The summed E-state index contributed by atoms with van der Waals surface area (Å²) in [5.74, 6) is 0.131. The monoisotopic (exact) mass is 356 g/mol. The normalized spacial score (nSPS) is 10.5. The molecule has 0 fully saturated rings. The highest BCUT2D eigenvalue weighted by molar-refractivity contribution is 6.32. The number of hydrogen-bond acceptors (Lipinski definition) is 4. The maximum atomic E-state index is 12.3. The summed E-state index contributed by atoms with van der Waals surface area (Å²) in [5, 5.41) is 11.9. The summed E-state index contributed by atoms with van der Waals surface area (Å²) in [5.41, 5.74) is 2.09. The molecule has 3 aromatic rings. The van der Waals surface area contributed by atoms with E-state index in [4.69, 9.17) is 16.3 Å². The highest BCUT2D eigenvalue weighted by Gasteiger charge is 2.14. The molecule has 1 heterocycles. The SMILES string of the molecule is COc1c(Cl)cccc1C(=O)NCCc1cnn(-c2ccccc2)n1. The summed E-state index contributed by atoms with van der Waals surface area (Å²) in [7, 11) is 1.49. The quantitative estimate of drug-likeness (QED) is 0.737. The highest BCUT2D eigenvalue weighted by Crippen LogP contribution is 2.27. The van der Waals surface area contributed by atoms with Gasteiger partial charge in [0.1, 0.15) is 5.75 Å². The second-order valence-electron chi connectivity index (χ2n) is 5.29. The van der Waals surface area contributed by atoms with Gasteiger partial charge in [-0.1, -0.05) is 35.9 Å². The Hall–Kier alpha value is -2.86. The molecular formula is C18H17ClN4O2. The van der Waals surface area contributed by atoms with Gasteiger partial charge in [-0.2, -0.15) is 15.0 Å². The average molecular weight is 357 g/mol. The zero-order valence-corrected chi connectivity index (χ0v) is 14.4. The Bertz CT molecular complexity index is 865. The third kappa shape index (κ3) is 3.97. The molecule has 0 saturated carbocycles. The number of para-hydroxylation sites is 2. The van der Waals surface area contributed by atoms with Crippen molar-refractivity contribution in [1.29, 1.82) is 0 Å². The number of carbonyl (C=O) groups excluding carboxylic acids is 1. The molecular weight excluding hydrogens is 340 g/mol. The lowest BCUT2D eigenvalue weighted by atomic mass is 10.2. The van der Waals surface area contributed by atoms with E-state index in [2.05, 4.69) is 15.5 Å². The number of nitrogens with zero attached hydrogens (tertiary/aromatic N) is 3. The van der Waals surface area contributed by atoms with Crippen LogP contribution >= 0.6 is 11.6 Å². The molecule has 0 unspecified atom stereocenters. The summed E-state index contributed by atoms with van der Waals surface area (Å²) in [4.78, 5) is 13.9. The minimum atomic E-state index is -0.241. The van der Waals surface area contributed by atoms with Crippen LogP contribution in [0.15, 0.2) is 54.7 Å². The molecule has 0 aliphatic heterocycles. The largest absolute Gasteiger partial charge is 0.494 e. The molecule has 1 aromatic heterocycles. The van der Waals surface area contributed by atoms with E-state index in [1.807, 2.05) is 30.3 Å². The maximum Gasteiger partial charge on any atom is 0.255 e. The first-order chi connectivity index (χ1) is 12.2. The van der Waals surface area contributed by atoms with Gasteiger partial charge in [0.15, 0.2) is 0 Å². The van der Waals surface area contributed by atoms with Crippen LogP contribution in [0.1, 0.15) is 16.1 Å². The van der Waals surface area contributed by atoms with Gasteiger partial charge in [-0.3, -0.25) is 4.79 Å². The molecule has 0 radical (unpaired) electrons. The van der Waals surface area contributed by atoms with Crippen LogP contribution in [-0.2, 0) is 6.42 Å². The third-order valence-electron chi connectivity index (χ3n) is 3.61. The summed E-state index contributed by atoms with van der Waals surface area (Å²) >= 11 is 6.04. The van der Waals surface area contributed by atoms with Crippen molar-refractivity contribution in [3.63, 3.8) is 0 Å². The molecule has 0 bridgehead atoms.